The van der Waals surface area contributed by atoms with Gasteiger partial charge in [-0.2, -0.15) is 0 Å². The van der Waals surface area contributed by atoms with E-state index in [0.29, 0.717) is 12.1 Å². The van der Waals surface area contributed by atoms with Crippen molar-refractivity contribution in [1.82, 2.24) is 0 Å². The van der Waals surface area contributed by atoms with Gasteiger partial charge in [0.2, 0.25) is 6.10 Å². The van der Waals surface area contributed by atoms with Gasteiger partial charge in [0, 0.05) is 34.0 Å². The number of hydrogen-bond acceptors (Lipinski definition) is 7. The summed E-state index contributed by atoms with van der Waals surface area (Å²) in [6, 6.07) is 28.3. The Bertz CT molecular complexity index is 1500. The number of non-ortho nitro benzene ring substituents is 1. The second kappa shape index (κ2) is 11.6. The van der Waals surface area contributed by atoms with Gasteiger partial charge in [-0.1, -0.05) is 78.0 Å². The summed E-state index contributed by atoms with van der Waals surface area (Å²) >= 11 is 7.84. The van der Waals surface area contributed by atoms with Crippen LogP contribution in [-0.4, -0.2) is 23.3 Å². The van der Waals surface area contributed by atoms with Gasteiger partial charge in [0.25, 0.3) is 11.6 Å². The Hall–Kier alpha value is -4.34. The van der Waals surface area contributed by atoms with E-state index in [0.717, 1.165) is 27.2 Å². The van der Waals surface area contributed by atoms with Crippen LogP contribution in [0.5, 0.6) is 0 Å². The summed E-state index contributed by atoms with van der Waals surface area (Å²) in [4.78, 5) is 41.0. The monoisotopic (exact) mass is 559 g/mol. The highest BCUT2D eigenvalue weighted by Gasteiger charge is 2.28. The normalized spacial score (nSPS) is 12.6. The van der Waals surface area contributed by atoms with E-state index in [1.165, 1.54) is 12.1 Å². The average Bonchev–Trinajstić information content (AvgIpc) is 2.95. The molecule has 0 radical (unpaired) electrons. The summed E-state index contributed by atoms with van der Waals surface area (Å²) in [5.74, 6) is -1.18. The van der Waals surface area contributed by atoms with Gasteiger partial charge in [-0.25, -0.2) is 0 Å². The quantitative estimate of drug-likeness (QED) is 0.139. The van der Waals surface area contributed by atoms with Gasteiger partial charge in [0.05, 0.1) is 33.4 Å². The van der Waals surface area contributed by atoms with Crippen molar-refractivity contribution in [3.8, 4) is 0 Å². The second-order valence-corrected chi connectivity index (χ2v) is 10.1. The minimum absolute atomic E-state index is 0.00372. The number of esters is 1. The summed E-state index contributed by atoms with van der Waals surface area (Å²) in [7, 11) is 0. The summed E-state index contributed by atoms with van der Waals surface area (Å²) in [5, 5.41) is 13.6. The van der Waals surface area contributed by atoms with Gasteiger partial charge >= 0.3 is 5.97 Å². The van der Waals surface area contributed by atoms with Crippen LogP contribution in [0.2, 0.25) is 5.02 Å². The van der Waals surface area contributed by atoms with Crippen LogP contribution in [0.15, 0.2) is 107 Å². The van der Waals surface area contributed by atoms with Gasteiger partial charge in [0.1, 0.15) is 0 Å². The fourth-order valence-corrected chi connectivity index (χ4v) is 5.55. The van der Waals surface area contributed by atoms with E-state index in [2.05, 4.69) is 10.2 Å². The van der Waals surface area contributed by atoms with Gasteiger partial charge < -0.3 is 15.0 Å². The Morgan fingerprint density at radius 2 is 1.54 bits per heavy atom. The van der Waals surface area contributed by atoms with Crippen LogP contribution >= 0.6 is 23.4 Å². The molecule has 0 aliphatic carbocycles. The first kappa shape index (κ1) is 26.3. The number of nitrogens with one attached hydrogen (secondary N) is 1. The van der Waals surface area contributed by atoms with Gasteiger partial charge in [-0.15, -0.1) is 0 Å². The van der Waals surface area contributed by atoms with Crippen LogP contribution in [0.4, 0.5) is 22.7 Å². The molecule has 0 fully saturated rings. The number of amides is 1. The molecule has 0 bridgehead atoms. The molecule has 196 valence electrons. The van der Waals surface area contributed by atoms with E-state index >= 15 is 0 Å². The molecule has 1 aliphatic heterocycles. The molecular weight excluding hydrogens is 538 g/mol. The number of hydrogen-bond donors (Lipinski definition) is 1. The molecule has 0 spiro atoms. The third-order valence-electron chi connectivity index (χ3n) is 6.08. The van der Waals surface area contributed by atoms with Crippen molar-refractivity contribution in [3.63, 3.8) is 0 Å². The standard InChI is InChI=1S/C29H22ClN3O5S/c30-21-18-20(33(36)37)14-15-22(21)31-29(35)28(19-8-2-1-3-9-19)38-27(34)16-17-32-23-10-4-6-12-25(23)39-26-13-7-5-11-24(26)32/h1-15,18,28H,16-17H2,(H,31,35). The fourth-order valence-electron chi connectivity index (χ4n) is 4.23. The molecule has 1 unspecified atom stereocenters. The maximum absolute atomic E-state index is 13.3. The van der Waals surface area contributed by atoms with Crippen LogP contribution in [0.25, 0.3) is 0 Å². The van der Waals surface area contributed by atoms with Crippen molar-refractivity contribution >= 4 is 58.0 Å². The summed E-state index contributed by atoms with van der Waals surface area (Å²) < 4.78 is 5.71. The molecule has 0 saturated heterocycles. The van der Waals surface area contributed by atoms with Crippen molar-refractivity contribution < 1.29 is 19.2 Å². The number of rotatable bonds is 8. The highest BCUT2D eigenvalue weighted by Crippen LogP contribution is 2.47. The lowest BCUT2D eigenvalue weighted by Crippen LogP contribution is -2.28. The zero-order chi connectivity index (χ0) is 27.4. The van der Waals surface area contributed by atoms with Crippen LogP contribution < -0.4 is 10.2 Å². The van der Waals surface area contributed by atoms with E-state index in [1.54, 1.807) is 42.1 Å². The first-order valence-corrected chi connectivity index (χ1v) is 13.2. The largest absolute Gasteiger partial charge is 0.447 e. The number of fused-ring (bicyclic) bond motifs is 2. The van der Waals surface area contributed by atoms with Crippen molar-refractivity contribution in [2.24, 2.45) is 0 Å². The number of benzene rings is 4. The Morgan fingerprint density at radius 1 is 0.923 bits per heavy atom. The average molecular weight is 560 g/mol. The molecule has 39 heavy (non-hydrogen) atoms. The van der Waals surface area contributed by atoms with Crippen molar-refractivity contribution in [2.75, 3.05) is 16.8 Å². The van der Waals surface area contributed by atoms with Gasteiger partial charge in [0.15, 0.2) is 0 Å². The number of nitrogens with zero attached hydrogens (tertiary/aromatic N) is 2. The highest BCUT2D eigenvalue weighted by molar-refractivity contribution is 7.99. The van der Waals surface area contributed by atoms with E-state index in [-0.39, 0.29) is 22.8 Å². The van der Waals surface area contributed by atoms with E-state index in [1.807, 2.05) is 48.5 Å². The van der Waals surface area contributed by atoms with Gasteiger partial charge in [-0.3, -0.25) is 19.7 Å². The lowest BCUT2D eigenvalue weighted by molar-refractivity contribution is -0.384. The fraction of sp³-hybridized carbons (Fsp3) is 0.103. The number of ether oxygens (including phenoxy) is 1. The zero-order valence-electron chi connectivity index (χ0n) is 20.5. The molecule has 4 aromatic rings. The van der Waals surface area contributed by atoms with Crippen LogP contribution in [0.3, 0.4) is 0 Å². The first-order valence-electron chi connectivity index (χ1n) is 12.0. The second-order valence-electron chi connectivity index (χ2n) is 8.63. The van der Waals surface area contributed by atoms with Crippen molar-refractivity contribution in [2.45, 2.75) is 22.3 Å². The summed E-state index contributed by atoms with van der Waals surface area (Å²) in [6.07, 6.45) is -1.22. The zero-order valence-corrected chi connectivity index (χ0v) is 22.0. The number of halogens is 1. The predicted octanol–water partition coefficient (Wildman–Crippen LogP) is 7.16. The predicted molar refractivity (Wildman–Crippen MR) is 151 cm³/mol. The van der Waals surface area contributed by atoms with E-state index < -0.39 is 22.9 Å². The molecule has 1 atom stereocenters. The highest BCUT2D eigenvalue weighted by atomic mass is 35.5. The molecule has 8 nitrogen and oxygen atoms in total. The molecule has 10 heteroatoms. The molecular formula is C29H22ClN3O5S. The number of anilines is 3. The Balaban J connectivity index is 1.33. The molecule has 5 rings (SSSR count). The minimum Gasteiger partial charge on any atom is -0.447 e. The molecule has 0 saturated carbocycles. The number of nitro groups is 1. The Morgan fingerprint density at radius 3 is 2.15 bits per heavy atom. The number of carbonyl (C=O) groups excluding carboxylic acids is 2. The summed E-state index contributed by atoms with van der Waals surface area (Å²) in [6.45, 7) is 0.352. The number of para-hydroxylation sites is 2. The summed E-state index contributed by atoms with van der Waals surface area (Å²) in [5.41, 5.74) is 2.44. The van der Waals surface area contributed by atoms with Gasteiger partial charge in [-0.05, 0) is 30.3 Å². The molecule has 1 N–H and O–H groups in total. The Kier molecular flexibility index (Phi) is 7.81. The van der Waals surface area contributed by atoms with E-state index in [9.17, 15) is 19.7 Å². The Labute approximate surface area is 233 Å². The number of nitro benzene ring substituents is 1. The molecule has 1 aliphatic rings. The molecule has 0 aromatic heterocycles. The maximum Gasteiger partial charge on any atom is 0.308 e. The third-order valence-corrected chi connectivity index (χ3v) is 7.53. The van der Waals surface area contributed by atoms with E-state index in [4.69, 9.17) is 16.3 Å². The lowest BCUT2D eigenvalue weighted by atomic mass is 10.1. The van der Waals surface area contributed by atoms with Crippen molar-refractivity contribution in [1.29, 1.82) is 0 Å². The van der Waals surface area contributed by atoms with Crippen LogP contribution in [-0.2, 0) is 14.3 Å². The molecule has 4 aromatic carbocycles. The van der Waals surface area contributed by atoms with Crippen molar-refractivity contribution in [3.05, 3.63) is 118 Å². The first-order chi connectivity index (χ1) is 18.9. The minimum atomic E-state index is -1.25. The number of carbonyl (C=O) groups is 2. The maximum atomic E-state index is 13.3. The van der Waals surface area contributed by atoms with Crippen LogP contribution in [0.1, 0.15) is 18.1 Å². The third kappa shape index (κ3) is 5.89. The SMILES string of the molecule is O=C(CCN1c2ccccc2Sc2ccccc21)OC(C(=O)Nc1ccc([N+](=O)[O-])cc1Cl)c1ccccc1. The topological polar surface area (TPSA) is 102 Å². The lowest BCUT2D eigenvalue weighted by Gasteiger charge is -2.32. The molecule has 1 amide bonds. The van der Waals surface area contributed by atoms with Crippen LogP contribution in [0, 0.1) is 10.1 Å². The smallest absolute Gasteiger partial charge is 0.308 e. The molecule has 1 heterocycles.